The van der Waals surface area contributed by atoms with E-state index in [0.717, 1.165) is 13.0 Å². The van der Waals surface area contributed by atoms with Crippen molar-refractivity contribution in [1.82, 2.24) is 5.32 Å². The fourth-order valence-corrected chi connectivity index (χ4v) is 5.17. The number of thiophene rings is 2. The van der Waals surface area contributed by atoms with Gasteiger partial charge in [-0.15, -0.1) is 22.7 Å². The van der Waals surface area contributed by atoms with E-state index in [1.807, 2.05) is 11.3 Å². The van der Waals surface area contributed by atoms with Crippen molar-refractivity contribution in [2.24, 2.45) is 0 Å². The van der Waals surface area contributed by atoms with Gasteiger partial charge in [0.15, 0.2) is 0 Å². The van der Waals surface area contributed by atoms with Gasteiger partial charge in [-0.2, -0.15) is 0 Å². The zero-order valence-corrected chi connectivity index (χ0v) is 15.1. The summed E-state index contributed by atoms with van der Waals surface area (Å²) in [6.07, 6.45) is 1.14. The summed E-state index contributed by atoms with van der Waals surface area (Å²) >= 11 is 10.9. The van der Waals surface area contributed by atoms with Crippen LogP contribution in [0, 0.1) is 6.92 Å². The van der Waals surface area contributed by atoms with Gasteiger partial charge in [0.2, 0.25) is 0 Å². The van der Waals surface area contributed by atoms with Crippen molar-refractivity contribution in [3.63, 3.8) is 0 Å². The van der Waals surface area contributed by atoms with Crippen LogP contribution in [0.25, 0.3) is 0 Å². The molecule has 0 radical (unpaired) electrons. The first-order valence-electron chi connectivity index (χ1n) is 5.85. The minimum Gasteiger partial charge on any atom is -0.305 e. The van der Waals surface area contributed by atoms with Crippen LogP contribution in [0.5, 0.6) is 0 Å². The quantitative estimate of drug-likeness (QED) is 0.665. The van der Waals surface area contributed by atoms with Crippen molar-refractivity contribution in [1.29, 1.82) is 0 Å². The highest BCUT2D eigenvalue weighted by Crippen LogP contribution is 2.38. The van der Waals surface area contributed by atoms with Crippen LogP contribution in [0.15, 0.2) is 25.8 Å². The van der Waals surface area contributed by atoms with Crippen molar-refractivity contribution in [3.05, 3.63) is 41.1 Å². The Bertz CT molecular complexity index is 499. The molecule has 98 valence electrons. The highest BCUT2D eigenvalue weighted by atomic mass is 79.9. The maximum atomic E-state index is 3.64. The van der Waals surface area contributed by atoms with Gasteiger partial charge >= 0.3 is 0 Å². The summed E-state index contributed by atoms with van der Waals surface area (Å²) in [5, 5.41) is 5.77. The van der Waals surface area contributed by atoms with E-state index in [9.17, 15) is 0 Å². The summed E-state index contributed by atoms with van der Waals surface area (Å²) in [5.74, 6) is 0. The number of aryl methyl sites for hydroxylation is 1. The average molecular weight is 409 g/mol. The molecule has 0 aliphatic carbocycles. The minimum absolute atomic E-state index is 0.300. The smallest absolute Gasteiger partial charge is 0.0776 e. The van der Waals surface area contributed by atoms with E-state index >= 15 is 0 Å². The molecule has 1 unspecified atom stereocenters. The van der Waals surface area contributed by atoms with Gasteiger partial charge in [0.05, 0.1) is 9.83 Å². The molecule has 1 atom stereocenters. The van der Waals surface area contributed by atoms with Crippen LogP contribution < -0.4 is 5.32 Å². The average Bonchev–Trinajstić information content (AvgIpc) is 2.88. The molecule has 0 aliphatic heterocycles. The second-order valence-electron chi connectivity index (χ2n) is 4.13. The fourth-order valence-electron chi connectivity index (χ4n) is 1.75. The Balaban J connectivity index is 2.33. The van der Waals surface area contributed by atoms with E-state index < -0.39 is 0 Å². The topological polar surface area (TPSA) is 12.0 Å². The third-order valence-corrected chi connectivity index (χ3v) is 6.80. The molecule has 2 rings (SSSR count). The zero-order chi connectivity index (χ0) is 13.1. The molecule has 0 spiro atoms. The lowest BCUT2D eigenvalue weighted by Gasteiger charge is -2.16. The van der Waals surface area contributed by atoms with Gasteiger partial charge < -0.3 is 5.32 Å². The predicted molar refractivity (Wildman–Crippen MR) is 88.9 cm³/mol. The van der Waals surface area contributed by atoms with E-state index in [-0.39, 0.29) is 0 Å². The molecule has 0 fully saturated rings. The predicted octanol–water partition coefficient (Wildman–Crippen LogP) is 5.73. The molecule has 1 nitrogen and oxygen atoms in total. The van der Waals surface area contributed by atoms with Crippen LogP contribution in [0.4, 0.5) is 0 Å². The first-order valence-corrected chi connectivity index (χ1v) is 9.13. The van der Waals surface area contributed by atoms with Crippen LogP contribution in [0.2, 0.25) is 0 Å². The Kier molecular flexibility index (Phi) is 5.45. The number of nitrogens with one attached hydrogen (secondary N) is 1. The number of hydrogen-bond acceptors (Lipinski definition) is 3. The van der Waals surface area contributed by atoms with Crippen LogP contribution >= 0.6 is 54.5 Å². The Morgan fingerprint density at radius 1 is 1.39 bits per heavy atom. The lowest BCUT2D eigenvalue weighted by molar-refractivity contribution is 0.611. The SMILES string of the molecule is CCCNC(c1cc(C)c(Br)s1)c1sccc1Br. The van der Waals surface area contributed by atoms with E-state index in [0.29, 0.717) is 6.04 Å². The largest absolute Gasteiger partial charge is 0.305 e. The summed E-state index contributed by atoms with van der Waals surface area (Å²) < 4.78 is 2.43. The maximum Gasteiger partial charge on any atom is 0.0776 e. The second-order valence-corrected chi connectivity index (χ2v) is 8.33. The first-order chi connectivity index (χ1) is 8.63. The highest BCUT2D eigenvalue weighted by Gasteiger charge is 2.20. The molecule has 1 N–H and O–H groups in total. The molecule has 0 amide bonds. The van der Waals surface area contributed by atoms with Gasteiger partial charge in [-0.1, -0.05) is 6.92 Å². The van der Waals surface area contributed by atoms with Crippen molar-refractivity contribution in [2.45, 2.75) is 26.3 Å². The van der Waals surface area contributed by atoms with Gasteiger partial charge in [-0.25, -0.2) is 0 Å². The molecular weight excluding hydrogens is 394 g/mol. The molecule has 2 heterocycles. The molecule has 5 heteroatoms. The van der Waals surface area contributed by atoms with Crippen molar-refractivity contribution < 1.29 is 0 Å². The van der Waals surface area contributed by atoms with Crippen LogP contribution in [-0.2, 0) is 0 Å². The molecule has 0 saturated carbocycles. The molecule has 0 saturated heterocycles. The third kappa shape index (κ3) is 3.25. The Morgan fingerprint density at radius 2 is 2.17 bits per heavy atom. The fraction of sp³-hybridized carbons (Fsp3) is 0.385. The van der Waals surface area contributed by atoms with Gasteiger partial charge in [0, 0.05) is 14.2 Å². The zero-order valence-electron chi connectivity index (χ0n) is 10.3. The van der Waals surface area contributed by atoms with Gasteiger partial charge in [-0.3, -0.25) is 0 Å². The third-order valence-electron chi connectivity index (χ3n) is 2.67. The van der Waals surface area contributed by atoms with E-state index in [2.05, 4.69) is 68.5 Å². The maximum absolute atomic E-state index is 3.64. The molecule has 0 aliphatic rings. The summed E-state index contributed by atoms with van der Waals surface area (Å²) in [4.78, 5) is 2.73. The van der Waals surface area contributed by atoms with Crippen molar-refractivity contribution in [3.8, 4) is 0 Å². The van der Waals surface area contributed by atoms with Crippen LogP contribution in [0.1, 0.15) is 34.7 Å². The first kappa shape index (κ1) is 14.7. The van der Waals surface area contributed by atoms with E-state index in [4.69, 9.17) is 0 Å². The van der Waals surface area contributed by atoms with E-state index in [1.165, 1.54) is 23.6 Å². The molecule has 2 aromatic rings. The van der Waals surface area contributed by atoms with Crippen molar-refractivity contribution >= 4 is 54.5 Å². The van der Waals surface area contributed by atoms with Crippen LogP contribution in [-0.4, -0.2) is 6.54 Å². The molecule has 2 aromatic heterocycles. The molecule has 0 bridgehead atoms. The monoisotopic (exact) mass is 407 g/mol. The number of halogens is 2. The summed E-state index contributed by atoms with van der Waals surface area (Å²) in [6.45, 7) is 5.37. The van der Waals surface area contributed by atoms with Gasteiger partial charge in [-0.05, 0) is 74.8 Å². The standard InChI is InChI=1S/C13H15Br2NS2/c1-3-5-16-11(12-9(14)4-6-17-12)10-7-8(2)13(15)18-10/h4,6-7,11,16H,3,5H2,1-2H3. The van der Waals surface area contributed by atoms with Gasteiger partial charge in [0.1, 0.15) is 0 Å². The summed E-state index contributed by atoms with van der Waals surface area (Å²) in [5.41, 5.74) is 1.31. The van der Waals surface area contributed by atoms with Crippen molar-refractivity contribution in [2.75, 3.05) is 6.54 Å². The lowest BCUT2D eigenvalue weighted by atomic mass is 10.2. The number of rotatable bonds is 5. The van der Waals surface area contributed by atoms with Gasteiger partial charge in [0.25, 0.3) is 0 Å². The second kappa shape index (κ2) is 6.66. The normalized spacial score (nSPS) is 12.9. The van der Waals surface area contributed by atoms with Crippen LogP contribution in [0.3, 0.4) is 0 Å². The molecule has 18 heavy (non-hydrogen) atoms. The number of hydrogen-bond donors (Lipinski definition) is 1. The Morgan fingerprint density at radius 3 is 2.67 bits per heavy atom. The minimum atomic E-state index is 0.300. The Hall–Kier alpha value is 0.320. The summed E-state index contributed by atoms with van der Waals surface area (Å²) in [6, 6.07) is 4.69. The highest BCUT2D eigenvalue weighted by molar-refractivity contribution is 9.11. The van der Waals surface area contributed by atoms with E-state index in [1.54, 1.807) is 11.3 Å². The Labute approximate surface area is 133 Å². The lowest BCUT2D eigenvalue weighted by Crippen LogP contribution is -2.21. The molecule has 0 aromatic carbocycles. The molecular formula is C13H15Br2NS2. The summed E-state index contributed by atoms with van der Waals surface area (Å²) in [7, 11) is 0.